The molecule has 1 saturated carbocycles. The van der Waals surface area contributed by atoms with E-state index in [0.717, 1.165) is 12.8 Å². The molecule has 0 aromatic heterocycles. The van der Waals surface area contributed by atoms with Crippen LogP contribution in [0.2, 0.25) is 0 Å². The summed E-state index contributed by atoms with van der Waals surface area (Å²) in [6, 6.07) is 0.255. The lowest BCUT2D eigenvalue weighted by atomic mass is 10.7. The monoisotopic (exact) mass is 249 g/mol. The molecule has 1 rings (SSSR count). The first-order chi connectivity index (χ1) is 6.52. The number of carboxylic acids is 1. The molecule has 1 aliphatic rings. The number of aliphatic carboxylic acids is 1. The lowest BCUT2D eigenvalue weighted by molar-refractivity contribution is -0.192. The fourth-order valence-corrected chi connectivity index (χ4v) is 1.35. The molecule has 0 atom stereocenters. The molecular weight excluding hydrogens is 239 g/mol. The van der Waals surface area contributed by atoms with Gasteiger partial charge in [0.15, 0.2) is 0 Å². The van der Waals surface area contributed by atoms with Crippen LogP contribution in [0.5, 0.6) is 0 Å². The van der Waals surface area contributed by atoms with E-state index in [1.165, 1.54) is 6.26 Å². The number of hydrogen-bond donors (Lipinski definition) is 2. The van der Waals surface area contributed by atoms with Gasteiger partial charge in [0, 0.05) is 6.04 Å². The van der Waals surface area contributed by atoms with E-state index in [1.54, 1.807) is 0 Å². The van der Waals surface area contributed by atoms with E-state index in [4.69, 9.17) is 9.90 Å². The van der Waals surface area contributed by atoms with E-state index < -0.39 is 22.2 Å². The predicted octanol–water partition coefficient (Wildman–Crippen LogP) is 0.331. The van der Waals surface area contributed by atoms with Crippen molar-refractivity contribution in [1.82, 2.24) is 4.72 Å². The van der Waals surface area contributed by atoms with Crippen molar-refractivity contribution in [1.29, 1.82) is 0 Å². The van der Waals surface area contributed by atoms with Crippen LogP contribution in [-0.4, -0.2) is 38.0 Å². The van der Waals surface area contributed by atoms with E-state index >= 15 is 0 Å². The van der Waals surface area contributed by atoms with Crippen LogP contribution < -0.4 is 4.72 Å². The van der Waals surface area contributed by atoms with Crippen molar-refractivity contribution in [3.05, 3.63) is 0 Å². The van der Waals surface area contributed by atoms with Gasteiger partial charge >= 0.3 is 12.1 Å². The molecule has 0 bridgehead atoms. The van der Waals surface area contributed by atoms with Crippen LogP contribution in [0.4, 0.5) is 13.2 Å². The van der Waals surface area contributed by atoms with Crippen LogP contribution in [0.1, 0.15) is 12.8 Å². The Morgan fingerprint density at radius 2 is 1.73 bits per heavy atom. The highest BCUT2D eigenvalue weighted by atomic mass is 32.2. The minimum Gasteiger partial charge on any atom is -0.475 e. The zero-order chi connectivity index (χ0) is 12.3. The molecule has 0 unspecified atom stereocenters. The van der Waals surface area contributed by atoms with Crippen molar-refractivity contribution in [2.75, 3.05) is 6.26 Å². The van der Waals surface area contributed by atoms with Gasteiger partial charge in [-0.25, -0.2) is 17.9 Å². The fourth-order valence-electron chi connectivity index (χ4n) is 0.504. The third kappa shape index (κ3) is 9.47. The zero-order valence-corrected chi connectivity index (χ0v) is 8.52. The van der Waals surface area contributed by atoms with Gasteiger partial charge < -0.3 is 5.11 Å². The number of carbonyl (C=O) groups is 1. The van der Waals surface area contributed by atoms with Crippen LogP contribution >= 0.6 is 0 Å². The van der Waals surface area contributed by atoms with Crippen molar-refractivity contribution in [2.45, 2.75) is 25.1 Å². The summed E-state index contributed by atoms with van der Waals surface area (Å²) in [5.41, 5.74) is 0. The first-order valence-corrected chi connectivity index (χ1v) is 5.69. The predicted molar refractivity (Wildman–Crippen MR) is 44.7 cm³/mol. The van der Waals surface area contributed by atoms with Gasteiger partial charge in [0.05, 0.1) is 6.26 Å². The number of carboxylic acid groups (broad SMARTS) is 1. The third-order valence-corrected chi connectivity index (χ3v) is 1.96. The lowest BCUT2D eigenvalue weighted by Gasteiger charge is -1.94. The maximum atomic E-state index is 10.6. The Bertz CT molecular complexity index is 320. The number of nitrogens with one attached hydrogen (secondary N) is 1. The number of rotatable bonds is 2. The van der Waals surface area contributed by atoms with Crippen molar-refractivity contribution < 1.29 is 31.5 Å². The Morgan fingerprint density at radius 3 is 1.80 bits per heavy atom. The van der Waals surface area contributed by atoms with E-state index in [1.807, 2.05) is 0 Å². The average Bonchev–Trinajstić information content (AvgIpc) is 2.66. The summed E-state index contributed by atoms with van der Waals surface area (Å²) in [7, 11) is -2.91. The summed E-state index contributed by atoms with van der Waals surface area (Å²) < 4.78 is 54.9. The molecular formula is C6H10F3NO4S. The summed E-state index contributed by atoms with van der Waals surface area (Å²) in [6.45, 7) is 0. The fraction of sp³-hybridized carbons (Fsp3) is 0.833. The molecule has 2 N–H and O–H groups in total. The minimum absolute atomic E-state index is 0.255. The van der Waals surface area contributed by atoms with Gasteiger partial charge in [-0.1, -0.05) is 0 Å². The van der Waals surface area contributed by atoms with Gasteiger partial charge in [-0.2, -0.15) is 13.2 Å². The lowest BCUT2D eigenvalue weighted by Crippen LogP contribution is -2.23. The number of sulfonamides is 1. The molecule has 90 valence electrons. The smallest absolute Gasteiger partial charge is 0.475 e. The van der Waals surface area contributed by atoms with Crippen LogP contribution in [0.3, 0.4) is 0 Å². The number of halogens is 3. The van der Waals surface area contributed by atoms with Crippen LogP contribution in [-0.2, 0) is 14.8 Å². The van der Waals surface area contributed by atoms with E-state index in [9.17, 15) is 21.6 Å². The summed E-state index contributed by atoms with van der Waals surface area (Å²) >= 11 is 0. The number of alkyl halides is 3. The highest BCUT2D eigenvalue weighted by Crippen LogP contribution is 2.19. The Hall–Kier alpha value is -0.830. The highest BCUT2D eigenvalue weighted by Gasteiger charge is 2.38. The summed E-state index contributed by atoms with van der Waals surface area (Å²) in [5.74, 6) is -2.76. The van der Waals surface area contributed by atoms with Crippen LogP contribution in [0.25, 0.3) is 0 Å². The van der Waals surface area contributed by atoms with Gasteiger partial charge in [0.2, 0.25) is 10.0 Å². The topological polar surface area (TPSA) is 83.5 Å². The zero-order valence-electron chi connectivity index (χ0n) is 7.71. The Balaban J connectivity index is 0.000000265. The number of hydrogen-bond acceptors (Lipinski definition) is 3. The van der Waals surface area contributed by atoms with E-state index in [-0.39, 0.29) is 6.04 Å². The molecule has 15 heavy (non-hydrogen) atoms. The summed E-state index contributed by atoms with van der Waals surface area (Å²) in [5, 5.41) is 7.12. The Morgan fingerprint density at radius 1 is 1.40 bits per heavy atom. The van der Waals surface area contributed by atoms with Gasteiger partial charge in [0.25, 0.3) is 0 Å². The van der Waals surface area contributed by atoms with Crippen molar-refractivity contribution in [3.8, 4) is 0 Å². The van der Waals surface area contributed by atoms with Gasteiger partial charge in [-0.3, -0.25) is 0 Å². The molecule has 1 fully saturated rings. The normalized spacial score (nSPS) is 16.5. The average molecular weight is 249 g/mol. The van der Waals surface area contributed by atoms with Crippen LogP contribution in [0.15, 0.2) is 0 Å². The summed E-state index contributed by atoms with van der Waals surface area (Å²) in [4.78, 5) is 8.90. The molecule has 0 aromatic carbocycles. The SMILES string of the molecule is CS(=O)(=O)NC1CC1.O=C(O)C(F)(F)F. The van der Waals surface area contributed by atoms with Crippen molar-refractivity contribution >= 4 is 16.0 Å². The first-order valence-electron chi connectivity index (χ1n) is 3.80. The molecule has 1 aliphatic carbocycles. The molecule has 5 nitrogen and oxygen atoms in total. The molecule has 0 spiro atoms. The molecule has 0 aliphatic heterocycles. The van der Waals surface area contributed by atoms with E-state index in [0.29, 0.717) is 0 Å². The maximum absolute atomic E-state index is 10.6. The first kappa shape index (κ1) is 14.2. The molecule has 9 heteroatoms. The summed E-state index contributed by atoms with van der Waals surface area (Å²) in [6.07, 6.45) is -1.88. The van der Waals surface area contributed by atoms with E-state index in [2.05, 4.69) is 4.72 Å². The van der Waals surface area contributed by atoms with Crippen molar-refractivity contribution in [2.24, 2.45) is 0 Å². The maximum Gasteiger partial charge on any atom is 0.490 e. The molecule has 0 heterocycles. The second-order valence-electron chi connectivity index (χ2n) is 2.97. The third-order valence-electron chi connectivity index (χ3n) is 1.20. The standard InChI is InChI=1S/C4H9NO2S.C2HF3O2/c1-8(6,7)5-4-2-3-4;3-2(4,5)1(6)7/h4-5H,2-3H2,1H3;(H,6,7). The molecule has 0 radical (unpaired) electrons. The van der Waals surface area contributed by atoms with Gasteiger partial charge in [0.1, 0.15) is 0 Å². The Labute approximate surface area is 84.3 Å². The molecule has 0 amide bonds. The van der Waals surface area contributed by atoms with Crippen LogP contribution in [0, 0.1) is 0 Å². The second kappa shape index (κ2) is 4.79. The highest BCUT2D eigenvalue weighted by molar-refractivity contribution is 7.88. The second-order valence-corrected chi connectivity index (χ2v) is 4.75. The Kier molecular flexibility index (Phi) is 4.53. The van der Waals surface area contributed by atoms with Gasteiger partial charge in [-0.05, 0) is 12.8 Å². The van der Waals surface area contributed by atoms with Crippen molar-refractivity contribution in [3.63, 3.8) is 0 Å². The molecule has 0 saturated heterocycles. The van der Waals surface area contributed by atoms with Gasteiger partial charge in [-0.15, -0.1) is 0 Å². The largest absolute Gasteiger partial charge is 0.490 e. The quantitative estimate of drug-likeness (QED) is 0.738. The molecule has 0 aromatic rings. The minimum atomic E-state index is -5.08.